The van der Waals surface area contributed by atoms with Crippen molar-refractivity contribution in [3.63, 3.8) is 0 Å². The van der Waals surface area contributed by atoms with Crippen LogP contribution in [0.5, 0.6) is 0 Å². The zero-order valence-electron chi connectivity index (χ0n) is 11.9. The molecule has 7 nitrogen and oxygen atoms in total. The van der Waals surface area contributed by atoms with Crippen LogP contribution in [-0.4, -0.2) is 19.7 Å². The molecule has 0 saturated carbocycles. The molecule has 0 fully saturated rings. The first kappa shape index (κ1) is 14.4. The minimum Gasteiger partial charge on any atom is -0.353 e. The molecule has 0 spiro atoms. The van der Waals surface area contributed by atoms with Crippen LogP contribution in [-0.2, 0) is 19.0 Å². The van der Waals surface area contributed by atoms with Crippen molar-refractivity contribution in [3.8, 4) is 0 Å². The van der Waals surface area contributed by atoms with Crippen molar-refractivity contribution in [3.05, 3.63) is 32.4 Å². The lowest BCUT2D eigenvalue weighted by atomic mass is 10.1. The van der Waals surface area contributed by atoms with Crippen molar-refractivity contribution >= 4 is 22.8 Å². The summed E-state index contributed by atoms with van der Waals surface area (Å²) < 4.78 is 1.52. The molecule has 0 aromatic carbocycles. The number of anilines is 1. The van der Waals surface area contributed by atoms with Crippen LogP contribution in [0.15, 0.2) is 11.6 Å². The van der Waals surface area contributed by atoms with Gasteiger partial charge in [0.05, 0.1) is 10.5 Å². The highest BCUT2D eigenvalue weighted by molar-refractivity contribution is 7.09. The smallest absolute Gasteiger partial charge is 0.334 e. The van der Waals surface area contributed by atoms with Crippen LogP contribution in [0.25, 0.3) is 0 Å². The summed E-state index contributed by atoms with van der Waals surface area (Å²) in [6, 6.07) is 0. The highest BCUT2D eigenvalue weighted by Crippen LogP contribution is 2.34. The Labute approximate surface area is 120 Å². The van der Waals surface area contributed by atoms with Gasteiger partial charge >= 0.3 is 5.69 Å². The average Bonchev–Trinajstić information content (AvgIpc) is 2.98. The van der Waals surface area contributed by atoms with Crippen molar-refractivity contribution in [1.29, 1.82) is 0 Å². The van der Waals surface area contributed by atoms with E-state index in [0.29, 0.717) is 17.9 Å². The van der Waals surface area contributed by atoms with Gasteiger partial charge in [0.1, 0.15) is 10.7 Å². The van der Waals surface area contributed by atoms with E-state index in [1.807, 2.05) is 26.2 Å². The third kappa shape index (κ3) is 2.51. The lowest BCUT2D eigenvalue weighted by Crippen LogP contribution is -2.29. The summed E-state index contributed by atoms with van der Waals surface area (Å²) in [6.45, 7) is 5.73. The molecule has 0 amide bonds. The molecule has 0 saturated heterocycles. The van der Waals surface area contributed by atoms with E-state index >= 15 is 0 Å². The van der Waals surface area contributed by atoms with Gasteiger partial charge in [0, 0.05) is 18.6 Å². The molecule has 0 aliphatic carbocycles. The number of hydrogen-bond acceptors (Lipinski definition) is 6. The first-order valence-electron chi connectivity index (χ1n) is 6.25. The molecule has 1 N–H and O–H groups in total. The molecule has 0 atom stereocenters. The maximum absolute atomic E-state index is 11.3. The second kappa shape index (κ2) is 5.20. The maximum Gasteiger partial charge on any atom is 0.334 e. The van der Waals surface area contributed by atoms with Gasteiger partial charge in [-0.05, 0) is 20.3 Å². The summed E-state index contributed by atoms with van der Waals surface area (Å²) in [6.07, 6.45) is 2.24. The largest absolute Gasteiger partial charge is 0.353 e. The van der Waals surface area contributed by atoms with E-state index in [1.165, 1.54) is 16.0 Å². The normalized spacial score (nSPS) is 11.6. The molecule has 0 unspecified atom stereocenters. The van der Waals surface area contributed by atoms with Gasteiger partial charge in [-0.1, -0.05) is 6.92 Å². The quantitative estimate of drug-likeness (QED) is 0.677. The lowest BCUT2D eigenvalue weighted by Gasteiger charge is -2.24. The number of aromatic nitrogens is 3. The monoisotopic (exact) mass is 295 g/mol. The number of hydrogen-bond donors (Lipinski definition) is 1. The highest BCUT2D eigenvalue weighted by atomic mass is 32.1. The average molecular weight is 295 g/mol. The second-order valence-electron chi connectivity index (χ2n) is 4.97. The van der Waals surface area contributed by atoms with E-state index in [4.69, 9.17) is 0 Å². The Morgan fingerprint density at radius 3 is 2.75 bits per heavy atom. The van der Waals surface area contributed by atoms with Gasteiger partial charge < -0.3 is 5.32 Å². The molecular weight excluding hydrogens is 278 g/mol. The van der Waals surface area contributed by atoms with E-state index in [9.17, 15) is 10.1 Å². The third-order valence-corrected chi connectivity index (χ3v) is 4.10. The minimum absolute atomic E-state index is 0.0413. The van der Waals surface area contributed by atoms with Crippen molar-refractivity contribution in [2.45, 2.75) is 32.7 Å². The fourth-order valence-corrected chi connectivity index (χ4v) is 2.74. The molecular formula is C12H17N5O2S. The Morgan fingerprint density at radius 2 is 2.25 bits per heavy atom. The Kier molecular flexibility index (Phi) is 3.76. The van der Waals surface area contributed by atoms with Gasteiger partial charge in [0.25, 0.3) is 0 Å². The van der Waals surface area contributed by atoms with Gasteiger partial charge in [-0.25, -0.2) is 9.67 Å². The second-order valence-corrected chi connectivity index (χ2v) is 5.86. The molecule has 2 aromatic rings. The first-order valence-corrected chi connectivity index (χ1v) is 7.13. The predicted molar refractivity (Wildman–Crippen MR) is 78.0 cm³/mol. The molecule has 2 rings (SSSR count). The van der Waals surface area contributed by atoms with Crippen LogP contribution < -0.4 is 5.32 Å². The van der Waals surface area contributed by atoms with Gasteiger partial charge in [0.2, 0.25) is 5.82 Å². The van der Waals surface area contributed by atoms with Gasteiger partial charge in [-0.3, -0.25) is 10.1 Å². The van der Waals surface area contributed by atoms with Crippen LogP contribution in [0.3, 0.4) is 0 Å². The summed E-state index contributed by atoms with van der Waals surface area (Å²) in [5.74, 6) is 0.409. The van der Waals surface area contributed by atoms with Crippen LogP contribution in [0.1, 0.15) is 31.5 Å². The zero-order valence-corrected chi connectivity index (χ0v) is 12.7. The molecule has 8 heteroatoms. The van der Waals surface area contributed by atoms with E-state index < -0.39 is 5.54 Å². The van der Waals surface area contributed by atoms with Crippen LogP contribution in [0.4, 0.5) is 11.5 Å². The molecule has 0 bridgehead atoms. The van der Waals surface area contributed by atoms with Crippen molar-refractivity contribution in [1.82, 2.24) is 14.8 Å². The fraction of sp³-hybridized carbons (Fsp3) is 0.500. The van der Waals surface area contributed by atoms with Crippen LogP contribution in [0, 0.1) is 10.1 Å². The van der Waals surface area contributed by atoms with Crippen molar-refractivity contribution in [2.24, 2.45) is 7.05 Å². The number of nitro groups is 1. The summed E-state index contributed by atoms with van der Waals surface area (Å²) in [5.41, 5.74) is 0.0205. The summed E-state index contributed by atoms with van der Waals surface area (Å²) in [4.78, 5) is 15.2. The minimum atomic E-state index is -0.502. The molecule has 108 valence electrons. The molecule has 20 heavy (non-hydrogen) atoms. The maximum atomic E-state index is 11.3. The van der Waals surface area contributed by atoms with Gasteiger partial charge in [-0.15, -0.1) is 11.3 Å². The summed E-state index contributed by atoms with van der Waals surface area (Å²) in [7, 11) is 1.70. The Balaban J connectivity index is 2.43. The number of rotatable bonds is 5. The Bertz CT molecular complexity index is 618. The molecule has 0 aliphatic rings. The predicted octanol–water partition coefficient (Wildman–Crippen LogP) is 2.69. The van der Waals surface area contributed by atoms with Crippen molar-refractivity contribution in [2.75, 3.05) is 5.32 Å². The van der Waals surface area contributed by atoms with Crippen molar-refractivity contribution < 1.29 is 4.92 Å². The highest BCUT2D eigenvalue weighted by Gasteiger charge is 2.31. The third-order valence-electron chi connectivity index (χ3n) is 3.01. The topological polar surface area (TPSA) is 85.9 Å². The molecule has 2 heterocycles. The van der Waals surface area contributed by atoms with E-state index in [0.717, 1.165) is 5.01 Å². The first-order chi connectivity index (χ1) is 9.36. The number of nitrogens with one attached hydrogen (secondary N) is 1. The summed E-state index contributed by atoms with van der Waals surface area (Å²) >= 11 is 1.51. The number of nitrogens with zero attached hydrogens (tertiary/aromatic N) is 4. The number of thiazole rings is 1. The standard InChI is InChI=1S/C12H17N5O2S/c1-5-8-9(17(18)19)10(16(4)15-8)14-12(2,3)11-13-6-7-20-11/h6-7,14H,5H2,1-4H3. The van der Waals surface area contributed by atoms with E-state index in [-0.39, 0.29) is 10.6 Å². The van der Waals surface area contributed by atoms with E-state index in [2.05, 4.69) is 15.4 Å². The van der Waals surface area contributed by atoms with Crippen LogP contribution >= 0.6 is 11.3 Å². The fourth-order valence-electron chi connectivity index (χ4n) is 2.02. The Morgan fingerprint density at radius 1 is 1.55 bits per heavy atom. The zero-order chi connectivity index (χ0) is 14.9. The molecule has 0 aliphatic heterocycles. The van der Waals surface area contributed by atoms with Gasteiger partial charge in [-0.2, -0.15) is 5.10 Å². The summed E-state index contributed by atoms with van der Waals surface area (Å²) in [5, 5.41) is 21.4. The molecule has 0 radical (unpaired) electrons. The molecule has 2 aromatic heterocycles. The number of aryl methyl sites for hydroxylation is 2. The SMILES string of the molecule is CCc1nn(C)c(NC(C)(C)c2nccs2)c1[N+](=O)[O-]. The Hall–Kier alpha value is -1.96. The lowest BCUT2D eigenvalue weighted by molar-refractivity contribution is -0.384. The van der Waals surface area contributed by atoms with E-state index in [1.54, 1.807) is 13.2 Å². The van der Waals surface area contributed by atoms with Crippen LogP contribution in [0.2, 0.25) is 0 Å². The van der Waals surface area contributed by atoms with Gasteiger partial charge in [0.15, 0.2) is 0 Å².